The summed E-state index contributed by atoms with van der Waals surface area (Å²) < 4.78 is 0. The van der Waals surface area contributed by atoms with Crippen LogP contribution in [0.25, 0.3) is 0 Å². The van der Waals surface area contributed by atoms with Gasteiger partial charge in [-0.05, 0) is 30.7 Å². The van der Waals surface area contributed by atoms with Gasteiger partial charge in [0.05, 0.1) is 6.10 Å². The quantitative estimate of drug-likeness (QED) is 0.869. The molecule has 1 N–H and O–H groups in total. The number of hydrogen-bond acceptors (Lipinski definition) is 2. The van der Waals surface area contributed by atoms with Gasteiger partial charge in [-0.25, -0.2) is 0 Å². The summed E-state index contributed by atoms with van der Waals surface area (Å²) >= 11 is 0. The predicted octanol–water partition coefficient (Wildman–Crippen LogP) is 3.12. The van der Waals surface area contributed by atoms with Gasteiger partial charge in [0, 0.05) is 12.3 Å². The van der Waals surface area contributed by atoms with Crippen LogP contribution in [-0.2, 0) is 4.79 Å². The second kappa shape index (κ2) is 5.46. The molecule has 0 saturated heterocycles. The Bertz CT molecular complexity index is 372. The van der Waals surface area contributed by atoms with Crippen molar-refractivity contribution in [1.29, 1.82) is 0 Å². The largest absolute Gasteiger partial charge is 0.388 e. The molecule has 1 aliphatic carbocycles. The average Bonchev–Trinajstić information content (AvgIpc) is 2.35. The first kappa shape index (κ1) is 12.3. The summed E-state index contributed by atoms with van der Waals surface area (Å²) in [7, 11) is 0. The standard InChI is InChI=1S/C15H20O2/c1-11-7-8-14(16)13(9-11)10-15(17)12-5-3-2-4-6-12/h2-6,11,13,15,17H,7-10H2,1H3. The van der Waals surface area contributed by atoms with Gasteiger partial charge in [-0.3, -0.25) is 4.79 Å². The van der Waals surface area contributed by atoms with Crippen LogP contribution >= 0.6 is 0 Å². The molecule has 0 spiro atoms. The van der Waals surface area contributed by atoms with Gasteiger partial charge in [0.25, 0.3) is 0 Å². The highest BCUT2D eigenvalue weighted by molar-refractivity contribution is 5.81. The minimum Gasteiger partial charge on any atom is -0.388 e. The van der Waals surface area contributed by atoms with E-state index in [4.69, 9.17) is 0 Å². The normalized spacial score (nSPS) is 26.8. The number of Topliss-reactive ketones (excluding diaryl/α,β-unsaturated/α-hetero) is 1. The number of carbonyl (C=O) groups is 1. The first-order valence-electron chi connectivity index (χ1n) is 6.42. The van der Waals surface area contributed by atoms with Crippen LogP contribution in [0.3, 0.4) is 0 Å². The van der Waals surface area contributed by atoms with E-state index in [0.717, 1.165) is 18.4 Å². The Hall–Kier alpha value is -1.15. The smallest absolute Gasteiger partial charge is 0.136 e. The van der Waals surface area contributed by atoms with E-state index in [9.17, 15) is 9.90 Å². The van der Waals surface area contributed by atoms with Crippen LogP contribution < -0.4 is 0 Å². The predicted molar refractivity (Wildman–Crippen MR) is 67.5 cm³/mol. The zero-order chi connectivity index (χ0) is 12.3. The lowest BCUT2D eigenvalue weighted by Crippen LogP contribution is -2.25. The summed E-state index contributed by atoms with van der Waals surface area (Å²) in [5.41, 5.74) is 0.915. The van der Waals surface area contributed by atoms with Crippen molar-refractivity contribution in [1.82, 2.24) is 0 Å². The Kier molecular flexibility index (Phi) is 3.95. The van der Waals surface area contributed by atoms with E-state index in [1.54, 1.807) is 0 Å². The van der Waals surface area contributed by atoms with Gasteiger partial charge in [0.1, 0.15) is 5.78 Å². The highest BCUT2D eigenvalue weighted by Gasteiger charge is 2.28. The number of aliphatic hydroxyl groups excluding tert-OH is 1. The van der Waals surface area contributed by atoms with Crippen molar-refractivity contribution >= 4 is 5.78 Å². The third kappa shape index (κ3) is 3.16. The highest BCUT2D eigenvalue weighted by Crippen LogP contribution is 2.32. The van der Waals surface area contributed by atoms with E-state index in [2.05, 4.69) is 6.92 Å². The van der Waals surface area contributed by atoms with Crippen molar-refractivity contribution < 1.29 is 9.90 Å². The number of rotatable bonds is 3. The summed E-state index contributed by atoms with van der Waals surface area (Å²) in [4.78, 5) is 11.8. The van der Waals surface area contributed by atoms with E-state index < -0.39 is 6.10 Å². The number of ketones is 1. The van der Waals surface area contributed by atoms with E-state index in [-0.39, 0.29) is 5.92 Å². The van der Waals surface area contributed by atoms with E-state index in [0.29, 0.717) is 24.5 Å². The molecule has 0 amide bonds. The lowest BCUT2D eigenvalue weighted by molar-refractivity contribution is -0.126. The van der Waals surface area contributed by atoms with Gasteiger partial charge in [-0.2, -0.15) is 0 Å². The maximum Gasteiger partial charge on any atom is 0.136 e. The fourth-order valence-corrected chi connectivity index (χ4v) is 2.64. The molecule has 0 radical (unpaired) electrons. The number of benzene rings is 1. The minimum atomic E-state index is -0.504. The molecule has 1 aliphatic rings. The summed E-state index contributed by atoms with van der Waals surface area (Å²) in [6.07, 6.45) is 2.70. The van der Waals surface area contributed by atoms with Gasteiger partial charge in [0.15, 0.2) is 0 Å². The third-order valence-corrected chi connectivity index (χ3v) is 3.72. The third-order valence-electron chi connectivity index (χ3n) is 3.72. The van der Waals surface area contributed by atoms with E-state index in [1.807, 2.05) is 30.3 Å². The maximum atomic E-state index is 11.8. The molecule has 1 aromatic rings. The molecular weight excluding hydrogens is 212 g/mol. The highest BCUT2D eigenvalue weighted by atomic mass is 16.3. The van der Waals surface area contributed by atoms with Gasteiger partial charge in [0.2, 0.25) is 0 Å². The molecule has 2 nitrogen and oxygen atoms in total. The molecule has 0 bridgehead atoms. The van der Waals surface area contributed by atoms with Crippen LogP contribution in [0, 0.1) is 11.8 Å². The van der Waals surface area contributed by atoms with Gasteiger partial charge in [-0.1, -0.05) is 37.3 Å². The van der Waals surface area contributed by atoms with E-state index in [1.165, 1.54) is 0 Å². The molecule has 1 fully saturated rings. The summed E-state index contributed by atoms with van der Waals surface area (Å²) in [5, 5.41) is 10.1. The number of aliphatic hydroxyl groups is 1. The molecule has 3 unspecified atom stereocenters. The van der Waals surface area contributed by atoms with Gasteiger partial charge < -0.3 is 5.11 Å². The summed E-state index contributed by atoms with van der Waals surface area (Å²) in [6, 6.07) is 9.61. The first-order chi connectivity index (χ1) is 8.16. The fourth-order valence-electron chi connectivity index (χ4n) is 2.64. The molecule has 0 aliphatic heterocycles. The Morgan fingerprint density at radius 2 is 2.06 bits per heavy atom. The Balaban J connectivity index is 1.98. The van der Waals surface area contributed by atoms with Crippen molar-refractivity contribution in [2.75, 3.05) is 0 Å². The zero-order valence-corrected chi connectivity index (χ0v) is 10.3. The molecule has 3 atom stereocenters. The number of hydrogen-bond donors (Lipinski definition) is 1. The molecule has 17 heavy (non-hydrogen) atoms. The monoisotopic (exact) mass is 232 g/mol. The van der Waals surface area contributed by atoms with Crippen molar-refractivity contribution in [3.63, 3.8) is 0 Å². The van der Waals surface area contributed by atoms with Crippen molar-refractivity contribution in [3.8, 4) is 0 Å². The van der Waals surface area contributed by atoms with Crippen LogP contribution in [0.5, 0.6) is 0 Å². The fraction of sp³-hybridized carbons (Fsp3) is 0.533. The zero-order valence-electron chi connectivity index (χ0n) is 10.3. The Labute approximate surface area is 103 Å². The molecular formula is C15H20O2. The maximum absolute atomic E-state index is 11.8. The molecule has 2 rings (SSSR count). The minimum absolute atomic E-state index is 0.0500. The van der Waals surface area contributed by atoms with Crippen LogP contribution in [-0.4, -0.2) is 10.9 Å². The Morgan fingerprint density at radius 1 is 1.35 bits per heavy atom. The molecule has 92 valence electrons. The van der Waals surface area contributed by atoms with E-state index >= 15 is 0 Å². The lowest BCUT2D eigenvalue weighted by Gasteiger charge is -2.27. The lowest BCUT2D eigenvalue weighted by atomic mass is 9.78. The summed E-state index contributed by atoms with van der Waals surface area (Å²) in [5.74, 6) is 0.993. The molecule has 1 saturated carbocycles. The topological polar surface area (TPSA) is 37.3 Å². The summed E-state index contributed by atoms with van der Waals surface area (Å²) in [6.45, 7) is 2.19. The van der Waals surface area contributed by atoms with Crippen molar-refractivity contribution in [3.05, 3.63) is 35.9 Å². The van der Waals surface area contributed by atoms with Crippen LogP contribution in [0.1, 0.15) is 44.3 Å². The molecule has 1 aromatic carbocycles. The molecule has 0 aromatic heterocycles. The van der Waals surface area contributed by atoms with Crippen LogP contribution in [0.2, 0.25) is 0 Å². The second-order valence-electron chi connectivity index (χ2n) is 5.20. The Morgan fingerprint density at radius 3 is 2.76 bits per heavy atom. The average molecular weight is 232 g/mol. The number of carbonyl (C=O) groups excluding carboxylic acids is 1. The van der Waals surface area contributed by atoms with Crippen LogP contribution in [0.15, 0.2) is 30.3 Å². The van der Waals surface area contributed by atoms with Crippen molar-refractivity contribution in [2.24, 2.45) is 11.8 Å². The van der Waals surface area contributed by atoms with Gasteiger partial charge in [-0.15, -0.1) is 0 Å². The second-order valence-corrected chi connectivity index (χ2v) is 5.20. The van der Waals surface area contributed by atoms with Crippen molar-refractivity contribution in [2.45, 2.75) is 38.7 Å². The molecule has 0 heterocycles. The van der Waals surface area contributed by atoms with Gasteiger partial charge >= 0.3 is 0 Å². The SMILES string of the molecule is CC1CCC(=O)C(CC(O)c2ccccc2)C1. The first-order valence-corrected chi connectivity index (χ1v) is 6.42. The van der Waals surface area contributed by atoms with Crippen LogP contribution in [0.4, 0.5) is 0 Å². The molecule has 2 heteroatoms.